The second-order valence-corrected chi connectivity index (χ2v) is 5.78. The van der Waals surface area contributed by atoms with E-state index >= 15 is 0 Å². The predicted octanol–water partition coefficient (Wildman–Crippen LogP) is 2.58. The summed E-state index contributed by atoms with van der Waals surface area (Å²) in [5, 5.41) is 17.9. The third kappa shape index (κ3) is 6.07. The van der Waals surface area contributed by atoms with Gasteiger partial charge in [0.25, 0.3) is 0 Å². The van der Waals surface area contributed by atoms with Crippen LogP contribution in [0.4, 0.5) is 0 Å². The number of rotatable bonds is 9. The van der Waals surface area contributed by atoms with Gasteiger partial charge in [-0.2, -0.15) is 0 Å². The number of allylic oxidation sites excluding steroid dienone is 1. The van der Waals surface area contributed by atoms with Crippen molar-refractivity contribution in [2.45, 2.75) is 25.0 Å². The van der Waals surface area contributed by atoms with E-state index in [4.69, 9.17) is 20.7 Å². The Bertz CT molecular complexity index is 756. The summed E-state index contributed by atoms with van der Waals surface area (Å²) in [6, 6.07) is 15.6. The SMILES string of the molecule is NC(C(=O)O)C(CC(=O)O)Oc1ccc(CC=Cc2ccccc2)cc1. The van der Waals surface area contributed by atoms with Crippen molar-refractivity contribution in [2.75, 3.05) is 0 Å². The van der Waals surface area contributed by atoms with Gasteiger partial charge in [-0.1, -0.05) is 54.6 Å². The average Bonchev–Trinajstić information content (AvgIpc) is 2.62. The Labute approximate surface area is 151 Å². The van der Waals surface area contributed by atoms with Crippen LogP contribution in [0.25, 0.3) is 6.08 Å². The molecule has 2 atom stereocenters. The van der Waals surface area contributed by atoms with E-state index in [2.05, 4.69) is 0 Å². The molecule has 0 fully saturated rings. The molecule has 0 saturated heterocycles. The van der Waals surface area contributed by atoms with Crippen molar-refractivity contribution in [1.82, 2.24) is 0 Å². The van der Waals surface area contributed by atoms with Gasteiger partial charge in [-0.05, 0) is 29.7 Å². The molecule has 0 heterocycles. The van der Waals surface area contributed by atoms with Crippen molar-refractivity contribution < 1.29 is 24.5 Å². The Balaban J connectivity index is 1.97. The van der Waals surface area contributed by atoms with Crippen LogP contribution in [-0.4, -0.2) is 34.3 Å². The van der Waals surface area contributed by atoms with Gasteiger partial charge >= 0.3 is 11.9 Å². The summed E-state index contributed by atoms with van der Waals surface area (Å²) in [6.45, 7) is 0. The molecule has 4 N–H and O–H groups in total. The van der Waals surface area contributed by atoms with E-state index in [-0.39, 0.29) is 0 Å². The number of carboxylic acid groups (broad SMARTS) is 2. The number of aliphatic carboxylic acids is 2. The molecule has 0 bridgehead atoms. The van der Waals surface area contributed by atoms with Crippen LogP contribution >= 0.6 is 0 Å². The van der Waals surface area contributed by atoms with Gasteiger partial charge in [-0.3, -0.25) is 9.59 Å². The van der Waals surface area contributed by atoms with Crippen LogP contribution in [-0.2, 0) is 16.0 Å². The Hall–Kier alpha value is -3.12. The first-order valence-corrected chi connectivity index (χ1v) is 8.13. The number of carboxylic acids is 2. The van der Waals surface area contributed by atoms with Crippen LogP contribution in [0.1, 0.15) is 17.5 Å². The van der Waals surface area contributed by atoms with Gasteiger partial charge in [0.2, 0.25) is 0 Å². The molecule has 0 aromatic heterocycles. The van der Waals surface area contributed by atoms with Gasteiger partial charge in [0.1, 0.15) is 17.9 Å². The van der Waals surface area contributed by atoms with E-state index in [0.29, 0.717) is 5.75 Å². The summed E-state index contributed by atoms with van der Waals surface area (Å²) in [6.07, 6.45) is 3.16. The quantitative estimate of drug-likeness (QED) is 0.638. The molecule has 2 unspecified atom stereocenters. The van der Waals surface area contributed by atoms with Gasteiger partial charge in [0.05, 0.1) is 6.42 Å². The monoisotopic (exact) mass is 355 g/mol. The molecule has 0 aliphatic rings. The highest BCUT2D eigenvalue weighted by Crippen LogP contribution is 2.17. The van der Waals surface area contributed by atoms with Gasteiger partial charge in [-0.15, -0.1) is 0 Å². The van der Waals surface area contributed by atoms with E-state index in [1.165, 1.54) is 0 Å². The first kappa shape index (κ1) is 19.2. The number of hydrogen-bond acceptors (Lipinski definition) is 4. The zero-order valence-corrected chi connectivity index (χ0v) is 14.1. The Morgan fingerprint density at radius 1 is 1.04 bits per heavy atom. The summed E-state index contributed by atoms with van der Waals surface area (Å²) in [5.41, 5.74) is 7.67. The van der Waals surface area contributed by atoms with E-state index in [0.717, 1.165) is 17.5 Å². The third-order valence-corrected chi connectivity index (χ3v) is 3.74. The lowest BCUT2D eigenvalue weighted by molar-refractivity contribution is -0.143. The maximum atomic E-state index is 11.0. The van der Waals surface area contributed by atoms with Crippen LogP contribution in [0.2, 0.25) is 0 Å². The fourth-order valence-electron chi connectivity index (χ4n) is 2.35. The Morgan fingerprint density at radius 2 is 1.69 bits per heavy atom. The standard InChI is InChI=1S/C20H21NO5/c21-19(20(24)25)17(13-18(22)23)26-16-11-9-15(10-12-16)8-4-7-14-5-2-1-3-6-14/h1-7,9-12,17,19H,8,13,21H2,(H,22,23)(H,24,25). The van der Waals surface area contributed by atoms with Crippen molar-refractivity contribution in [2.24, 2.45) is 5.73 Å². The molecule has 2 aromatic carbocycles. The van der Waals surface area contributed by atoms with E-state index in [1.54, 1.807) is 12.1 Å². The highest BCUT2D eigenvalue weighted by atomic mass is 16.5. The topological polar surface area (TPSA) is 110 Å². The number of carbonyl (C=O) groups is 2. The number of benzene rings is 2. The molecule has 26 heavy (non-hydrogen) atoms. The molecule has 0 spiro atoms. The lowest BCUT2D eigenvalue weighted by Gasteiger charge is -2.21. The summed E-state index contributed by atoms with van der Waals surface area (Å²) in [7, 11) is 0. The number of nitrogens with two attached hydrogens (primary N) is 1. The Kier molecular flexibility index (Phi) is 6.93. The lowest BCUT2D eigenvalue weighted by atomic mass is 10.1. The van der Waals surface area contributed by atoms with Crippen molar-refractivity contribution in [3.05, 3.63) is 71.8 Å². The third-order valence-electron chi connectivity index (χ3n) is 3.74. The Morgan fingerprint density at radius 3 is 2.27 bits per heavy atom. The van der Waals surface area contributed by atoms with Crippen molar-refractivity contribution in [3.63, 3.8) is 0 Å². The van der Waals surface area contributed by atoms with Crippen LogP contribution in [0.15, 0.2) is 60.7 Å². The second kappa shape index (κ2) is 9.39. The molecule has 2 rings (SSSR count). The van der Waals surface area contributed by atoms with Crippen molar-refractivity contribution >= 4 is 18.0 Å². The molecule has 136 valence electrons. The average molecular weight is 355 g/mol. The molecule has 6 heteroatoms. The number of ether oxygens (including phenoxy) is 1. The maximum Gasteiger partial charge on any atom is 0.324 e. The molecule has 0 radical (unpaired) electrons. The highest BCUT2D eigenvalue weighted by molar-refractivity contribution is 5.76. The second-order valence-electron chi connectivity index (χ2n) is 5.78. The minimum atomic E-state index is -1.42. The van der Waals surface area contributed by atoms with Gasteiger partial charge in [0.15, 0.2) is 0 Å². The lowest BCUT2D eigenvalue weighted by Crippen LogP contribution is -2.46. The highest BCUT2D eigenvalue weighted by Gasteiger charge is 2.28. The van der Waals surface area contributed by atoms with Crippen LogP contribution < -0.4 is 10.5 Å². The summed E-state index contributed by atoms with van der Waals surface area (Å²) < 4.78 is 5.47. The molecular formula is C20H21NO5. The molecular weight excluding hydrogens is 334 g/mol. The van der Waals surface area contributed by atoms with Crippen molar-refractivity contribution in [1.29, 1.82) is 0 Å². The van der Waals surface area contributed by atoms with Gasteiger partial charge in [0, 0.05) is 0 Å². The van der Waals surface area contributed by atoms with E-state index < -0.39 is 30.5 Å². The molecule has 0 aliphatic heterocycles. The minimum Gasteiger partial charge on any atom is -0.488 e. The fraction of sp³-hybridized carbons (Fsp3) is 0.200. The smallest absolute Gasteiger partial charge is 0.324 e. The summed E-state index contributed by atoms with van der Waals surface area (Å²) in [5.74, 6) is -2.10. The molecule has 0 saturated carbocycles. The van der Waals surface area contributed by atoms with Gasteiger partial charge in [-0.25, -0.2) is 0 Å². The largest absolute Gasteiger partial charge is 0.488 e. The number of hydrogen-bond donors (Lipinski definition) is 3. The normalized spacial score (nSPS) is 13.3. The van der Waals surface area contributed by atoms with E-state index in [1.807, 2.05) is 54.6 Å². The molecule has 2 aromatic rings. The molecule has 0 aliphatic carbocycles. The molecule has 6 nitrogen and oxygen atoms in total. The molecule has 0 amide bonds. The first-order chi connectivity index (χ1) is 12.5. The van der Waals surface area contributed by atoms with Crippen LogP contribution in [0, 0.1) is 0 Å². The fourth-order valence-corrected chi connectivity index (χ4v) is 2.35. The van der Waals surface area contributed by atoms with Crippen molar-refractivity contribution in [3.8, 4) is 5.75 Å². The summed E-state index contributed by atoms with van der Waals surface area (Å²) >= 11 is 0. The first-order valence-electron chi connectivity index (χ1n) is 8.13. The van der Waals surface area contributed by atoms with Crippen LogP contribution in [0.3, 0.4) is 0 Å². The summed E-state index contributed by atoms with van der Waals surface area (Å²) in [4.78, 5) is 21.9. The van der Waals surface area contributed by atoms with Gasteiger partial charge < -0.3 is 20.7 Å². The van der Waals surface area contributed by atoms with Crippen LogP contribution in [0.5, 0.6) is 5.75 Å². The predicted molar refractivity (Wildman–Crippen MR) is 97.9 cm³/mol. The minimum absolute atomic E-state index is 0.378. The maximum absolute atomic E-state index is 11.0. The zero-order chi connectivity index (χ0) is 18.9. The zero-order valence-electron chi connectivity index (χ0n) is 14.1. The van der Waals surface area contributed by atoms with E-state index in [9.17, 15) is 9.59 Å².